The van der Waals surface area contributed by atoms with Gasteiger partial charge in [-0.3, -0.25) is 14.2 Å². The van der Waals surface area contributed by atoms with Crippen molar-refractivity contribution < 1.29 is 14.0 Å². The molecule has 3 heterocycles. The average Bonchev–Trinajstić information content (AvgIpc) is 3.41. The van der Waals surface area contributed by atoms with E-state index in [9.17, 15) is 4.79 Å². The maximum atomic E-state index is 12.2. The first kappa shape index (κ1) is 26.3. The van der Waals surface area contributed by atoms with Gasteiger partial charge in [-0.05, 0) is 31.1 Å². The molecule has 1 atom stereocenters. The third kappa shape index (κ3) is 5.34. The highest BCUT2D eigenvalue weighted by Crippen LogP contribution is 2.39. The van der Waals surface area contributed by atoms with Crippen molar-refractivity contribution in [1.29, 1.82) is 0 Å². The number of hydrogen-bond acceptors (Lipinski definition) is 6. The van der Waals surface area contributed by atoms with Crippen molar-refractivity contribution >= 4 is 42.8 Å². The summed E-state index contributed by atoms with van der Waals surface area (Å²) >= 11 is 7.61. The van der Waals surface area contributed by atoms with Crippen LogP contribution in [0.2, 0.25) is 23.2 Å². The van der Waals surface area contributed by atoms with Crippen molar-refractivity contribution in [1.82, 2.24) is 14.4 Å². The summed E-state index contributed by atoms with van der Waals surface area (Å²) in [5, 5.41) is 0.708. The van der Waals surface area contributed by atoms with Gasteiger partial charge in [-0.25, -0.2) is 4.98 Å². The molecule has 1 aromatic carbocycles. The van der Waals surface area contributed by atoms with Gasteiger partial charge in [0.25, 0.3) is 5.91 Å². The fourth-order valence-corrected chi connectivity index (χ4v) is 5.66. The van der Waals surface area contributed by atoms with Crippen LogP contribution in [0.5, 0.6) is 5.75 Å². The SMILES string of the molecule is C[C@@H](Oc1cc(-c2cnc3cnc(CO[Si](C)(C)C(C)(C)C)cn23)sc1C(N)=O)c1ccccc1Cl. The van der Waals surface area contributed by atoms with Crippen LogP contribution < -0.4 is 10.5 Å². The third-order valence-corrected chi connectivity index (χ3v) is 12.6. The van der Waals surface area contributed by atoms with Gasteiger partial charge in [-0.1, -0.05) is 50.6 Å². The van der Waals surface area contributed by atoms with E-state index in [0.29, 0.717) is 27.9 Å². The van der Waals surface area contributed by atoms with Crippen molar-refractivity contribution in [3.8, 4) is 16.3 Å². The number of carbonyl (C=O) groups excluding carboxylic acids is 1. The van der Waals surface area contributed by atoms with E-state index in [1.54, 1.807) is 12.4 Å². The highest BCUT2D eigenvalue weighted by Gasteiger charge is 2.37. The number of aromatic nitrogens is 3. The molecule has 36 heavy (non-hydrogen) atoms. The second-order valence-electron chi connectivity index (χ2n) is 10.2. The van der Waals surface area contributed by atoms with E-state index in [2.05, 4.69) is 43.8 Å². The topological polar surface area (TPSA) is 91.7 Å². The predicted molar refractivity (Wildman–Crippen MR) is 147 cm³/mol. The lowest BCUT2D eigenvalue weighted by atomic mass is 10.1. The summed E-state index contributed by atoms with van der Waals surface area (Å²) in [5.41, 5.74) is 8.84. The first-order chi connectivity index (χ1) is 16.9. The minimum Gasteiger partial charge on any atom is -0.484 e. The Kier molecular flexibility index (Phi) is 7.30. The highest BCUT2D eigenvalue weighted by molar-refractivity contribution is 7.17. The van der Waals surface area contributed by atoms with E-state index >= 15 is 0 Å². The molecule has 0 bridgehead atoms. The number of hydrogen-bond donors (Lipinski definition) is 1. The van der Waals surface area contributed by atoms with E-state index in [0.717, 1.165) is 21.8 Å². The van der Waals surface area contributed by atoms with Crippen LogP contribution in [-0.4, -0.2) is 28.6 Å². The van der Waals surface area contributed by atoms with E-state index in [-0.39, 0.29) is 11.1 Å². The largest absolute Gasteiger partial charge is 0.484 e. The number of thiophene rings is 1. The fourth-order valence-electron chi connectivity index (χ4n) is 3.48. The van der Waals surface area contributed by atoms with Gasteiger partial charge in [0, 0.05) is 22.8 Å². The molecule has 0 fully saturated rings. The van der Waals surface area contributed by atoms with Gasteiger partial charge in [-0.2, -0.15) is 0 Å². The molecule has 10 heteroatoms. The minimum atomic E-state index is -1.92. The molecule has 2 N–H and O–H groups in total. The van der Waals surface area contributed by atoms with E-state index < -0.39 is 14.2 Å². The number of fused-ring (bicyclic) bond motifs is 1. The van der Waals surface area contributed by atoms with Crippen molar-refractivity contribution in [3.63, 3.8) is 0 Å². The number of ether oxygens (including phenoxy) is 1. The summed E-state index contributed by atoms with van der Waals surface area (Å²) < 4.78 is 14.5. The molecule has 0 spiro atoms. The molecule has 0 radical (unpaired) electrons. The van der Waals surface area contributed by atoms with Crippen LogP contribution in [0.25, 0.3) is 16.2 Å². The van der Waals surface area contributed by atoms with Crippen LogP contribution in [0.3, 0.4) is 0 Å². The average molecular weight is 543 g/mol. The number of amides is 1. The smallest absolute Gasteiger partial charge is 0.262 e. The van der Waals surface area contributed by atoms with Gasteiger partial charge in [-0.15, -0.1) is 11.3 Å². The zero-order chi connectivity index (χ0) is 26.3. The molecule has 7 nitrogen and oxygen atoms in total. The second kappa shape index (κ2) is 9.97. The molecule has 4 rings (SSSR count). The molecule has 190 valence electrons. The summed E-state index contributed by atoms with van der Waals surface area (Å²) in [6.07, 6.45) is 5.05. The Labute approximate surface area is 221 Å². The molecule has 1 amide bonds. The number of halogens is 1. The molecular weight excluding hydrogens is 512 g/mol. The molecule has 0 aliphatic carbocycles. The zero-order valence-electron chi connectivity index (χ0n) is 21.3. The molecule has 0 saturated heterocycles. The lowest BCUT2D eigenvalue weighted by molar-refractivity contribution is 0.0998. The molecule has 3 aromatic heterocycles. The molecule has 4 aromatic rings. The van der Waals surface area contributed by atoms with E-state index in [1.807, 2.05) is 47.9 Å². The Morgan fingerprint density at radius 1 is 1.22 bits per heavy atom. The van der Waals surface area contributed by atoms with Crippen molar-refractivity contribution in [2.24, 2.45) is 5.73 Å². The molecule has 0 saturated carbocycles. The summed E-state index contributed by atoms with van der Waals surface area (Å²) in [6, 6.07) is 9.29. The Bertz CT molecular complexity index is 1410. The first-order valence-electron chi connectivity index (χ1n) is 11.7. The van der Waals surface area contributed by atoms with E-state index in [4.69, 9.17) is 26.5 Å². The zero-order valence-corrected chi connectivity index (χ0v) is 23.9. The Balaban J connectivity index is 1.65. The van der Waals surface area contributed by atoms with Gasteiger partial charge in [0.1, 0.15) is 16.7 Å². The summed E-state index contributed by atoms with van der Waals surface area (Å²) in [6.45, 7) is 13.4. The minimum absolute atomic E-state index is 0.108. The molecule has 0 aliphatic heterocycles. The summed E-state index contributed by atoms with van der Waals surface area (Å²) in [7, 11) is -1.92. The maximum absolute atomic E-state index is 12.2. The second-order valence-corrected chi connectivity index (χ2v) is 16.5. The van der Waals surface area contributed by atoms with Gasteiger partial charge in [0.2, 0.25) is 0 Å². The third-order valence-electron chi connectivity index (χ3n) is 6.66. The molecular formula is C26H31ClN4O3SSi. The highest BCUT2D eigenvalue weighted by atomic mass is 35.5. The van der Waals surface area contributed by atoms with Gasteiger partial charge < -0.3 is 14.9 Å². The summed E-state index contributed by atoms with van der Waals surface area (Å²) in [5.74, 6) is -0.132. The van der Waals surface area contributed by atoms with Crippen LogP contribution in [0.15, 0.2) is 48.9 Å². The lowest BCUT2D eigenvalue weighted by Crippen LogP contribution is -2.40. The van der Waals surface area contributed by atoms with Crippen molar-refractivity contribution in [2.45, 2.75) is 58.5 Å². The maximum Gasteiger partial charge on any atom is 0.262 e. The van der Waals surface area contributed by atoms with Crippen LogP contribution in [0.1, 0.15) is 54.7 Å². The number of benzene rings is 1. The number of rotatable bonds is 8. The van der Waals surface area contributed by atoms with Gasteiger partial charge >= 0.3 is 0 Å². The lowest BCUT2D eigenvalue weighted by Gasteiger charge is -2.36. The van der Waals surface area contributed by atoms with Crippen molar-refractivity contribution in [2.75, 3.05) is 0 Å². The first-order valence-corrected chi connectivity index (χ1v) is 15.8. The van der Waals surface area contributed by atoms with Crippen LogP contribution in [-0.2, 0) is 11.0 Å². The van der Waals surface area contributed by atoms with Crippen LogP contribution >= 0.6 is 22.9 Å². The predicted octanol–water partition coefficient (Wildman–Crippen LogP) is 6.87. The van der Waals surface area contributed by atoms with E-state index in [1.165, 1.54) is 11.3 Å². The molecule has 0 unspecified atom stereocenters. The Morgan fingerprint density at radius 2 is 1.94 bits per heavy atom. The quantitative estimate of drug-likeness (QED) is 0.245. The number of nitrogens with zero attached hydrogens (tertiary/aromatic N) is 3. The monoisotopic (exact) mass is 542 g/mol. The van der Waals surface area contributed by atoms with Crippen molar-refractivity contribution in [3.05, 3.63) is 70.1 Å². The summed E-state index contributed by atoms with van der Waals surface area (Å²) in [4.78, 5) is 22.4. The number of primary amides is 1. The Hall–Kier alpha value is -2.72. The number of nitrogens with two attached hydrogens (primary N) is 1. The standard InChI is InChI=1S/C26H31ClN4O3SSi/c1-16(18-9-7-8-10-19(18)27)34-21-11-22(35-24(21)25(28)32)20-12-30-23-13-29-17(14-31(20)23)15-33-36(5,6)26(2,3)4/h7-14,16H,15H2,1-6H3,(H2,28,32)/t16-/m1/s1. The number of imidazole rings is 1. The fraction of sp³-hybridized carbons (Fsp3) is 0.346. The molecule has 0 aliphatic rings. The van der Waals surface area contributed by atoms with Gasteiger partial charge in [0.15, 0.2) is 14.0 Å². The Morgan fingerprint density at radius 3 is 2.61 bits per heavy atom. The van der Waals surface area contributed by atoms with Crippen LogP contribution in [0, 0.1) is 0 Å². The van der Waals surface area contributed by atoms with Crippen LogP contribution in [0.4, 0.5) is 0 Å². The number of carbonyl (C=O) groups is 1. The van der Waals surface area contributed by atoms with Gasteiger partial charge in [0.05, 0.1) is 35.3 Å². The normalized spacial score (nSPS) is 13.2.